The van der Waals surface area contributed by atoms with Crippen LogP contribution in [0.1, 0.15) is 0 Å². The third kappa shape index (κ3) is 2.52. The van der Waals surface area contributed by atoms with Crippen molar-refractivity contribution in [1.29, 1.82) is 0 Å². The summed E-state index contributed by atoms with van der Waals surface area (Å²) in [6, 6.07) is 8.68. The lowest BCUT2D eigenvalue weighted by atomic mass is 10.3. The van der Waals surface area contributed by atoms with Gasteiger partial charge in [0.2, 0.25) is 0 Å². The summed E-state index contributed by atoms with van der Waals surface area (Å²) in [5.41, 5.74) is 1.25. The first-order chi connectivity index (χ1) is 9.63. The van der Waals surface area contributed by atoms with Gasteiger partial charge >= 0.3 is 5.69 Å². The monoisotopic (exact) mass is 351 g/mol. The first kappa shape index (κ1) is 13.1. The van der Waals surface area contributed by atoms with Crippen molar-refractivity contribution in [3.8, 4) is 0 Å². The van der Waals surface area contributed by atoms with E-state index in [0.717, 1.165) is 11.8 Å². The van der Waals surface area contributed by atoms with Crippen molar-refractivity contribution in [2.45, 2.75) is 10.2 Å². The van der Waals surface area contributed by atoms with Crippen LogP contribution in [0.5, 0.6) is 0 Å². The predicted molar refractivity (Wildman–Crippen MR) is 76.7 cm³/mol. The number of hydrogen-bond donors (Lipinski definition) is 0. The highest BCUT2D eigenvalue weighted by Gasteiger charge is 2.19. The van der Waals surface area contributed by atoms with E-state index in [4.69, 9.17) is 4.42 Å². The normalized spacial score (nSPS) is 10.8. The van der Waals surface area contributed by atoms with Crippen LogP contribution in [0.4, 0.5) is 5.69 Å². The number of nitro groups is 1. The summed E-state index contributed by atoms with van der Waals surface area (Å²) >= 11 is 4.19. The zero-order valence-electron chi connectivity index (χ0n) is 9.82. The maximum absolute atomic E-state index is 11.0. The number of halogens is 1. The zero-order valence-corrected chi connectivity index (χ0v) is 12.2. The third-order valence-electron chi connectivity index (χ3n) is 2.45. The lowest BCUT2D eigenvalue weighted by Gasteiger charge is -1.98. The molecule has 0 N–H and O–H groups in total. The van der Waals surface area contributed by atoms with Crippen LogP contribution >= 0.6 is 27.7 Å². The number of nitrogens with zero attached hydrogens (tertiary/aromatic N) is 3. The highest BCUT2D eigenvalue weighted by atomic mass is 79.9. The van der Waals surface area contributed by atoms with E-state index in [2.05, 4.69) is 25.9 Å². The van der Waals surface area contributed by atoms with Crippen LogP contribution in [0, 0.1) is 10.1 Å². The minimum atomic E-state index is -0.483. The highest BCUT2D eigenvalue weighted by molar-refractivity contribution is 9.10. The van der Waals surface area contributed by atoms with E-state index in [0.29, 0.717) is 20.8 Å². The van der Waals surface area contributed by atoms with Gasteiger partial charge in [0.15, 0.2) is 10.6 Å². The van der Waals surface area contributed by atoms with Crippen molar-refractivity contribution in [2.75, 3.05) is 0 Å². The summed E-state index contributed by atoms with van der Waals surface area (Å²) in [7, 11) is 0. The van der Waals surface area contributed by atoms with Crippen molar-refractivity contribution >= 4 is 44.5 Å². The molecule has 0 fully saturated rings. The SMILES string of the molecule is O=[N+]([O-])c1cc(Br)cnc1Sc1nc2ccccc2o1. The molecule has 0 spiro atoms. The molecule has 2 heterocycles. The molecule has 6 nitrogen and oxygen atoms in total. The van der Waals surface area contributed by atoms with Gasteiger partial charge in [0.05, 0.1) is 4.92 Å². The fourth-order valence-corrected chi connectivity index (χ4v) is 2.71. The van der Waals surface area contributed by atoms with E-state index in [1.54, 1.807) is 6.07 Å². The standard InChI is InChI=1S/C12H6BrN3O3S/c13-7-5-9(16(17)18)11(14-6-7)20-12-15-8-3-1-2-4-10(8)19-12/h1-6H. The molecule has 0 aliphatic rings. The van der Waals surface area contributed by atoms with Crippen molar-refractivity contribution < 1.29 is 9.34 Å². The van der Waals surface area contributed by atoms with Crippen LogP contribution in [-0.2, 0) is 0 Å². The van der Waals surface area contributed by atoms with Gasteiger partial charge in [0, 0.05) is 16.7 Å². The average Bonchev–Trinajstić information content (AvgIpc) is 2.82. The van der Waals surface area contributed by atoms with Gasteiger partial charge in [-0.3, -0.25) is 10.1 Å². The molecule has 1 aromatic carbocycles. The average molecular weight is 352 g/mol. The zero-order chi connectivity index (χ0) is 14.1. The first-order valence-corrected chi connectivity index (χ1v) is 7.08. The van der Waals surface area contributed by atoms with Crippen molar-refractivity contribution in [2.24, 2.45) is 0 Å². The number of para-hydroxylation sites is 2. The molecule has 0 aliphatic carbocycles. The Hall–Kier alpha value is -1.93. The molecular weight excluding hydrogens is 346 g/mol. The Morgan fingerprint density at radius 2 is 2.15 bits per heavy atom. The van der Waals surface area contributed by atoms with Gasteiger partial charge in [-0.1, -0.05) is 12.1 Å². The summed E-state index contributed by atoms with van der Waals surface area (Å²) in [5.74, 6) is 0. The molecule has 0 atom stereocenters. The fourth-order valence-electron chi connectivity index (χ4n) is 1.60. The molecule has 0 amide bonds. The van der Waals surface area contributed by atoms with Crippen LogP contribution in [0.25, 0.3) is 11.1 Å². The molecule has 3 rings (SSSR count). The minimum Gasteiger partial charge on any atom is -0.431 e. The Morgan fingerprint density at radius 1 is 1.35 bits per heavy atom. The van der Waals surface area contributed by atoms with Gasteiger partial charge in [0.1, 0.15) is 5.52 Å². The molecule has 8 heteroatoms. The molecule has 2 aromatic heterocycles. The molecule has 20 heavy (non-hydrogen) atoms. The maximum atomic E-state index is 11.0. The van der Waals surface area contributed by atoms with Gasteiger partial charge in [-0.2, -0.15) is 0 Å². The van der Waals surface area contributed by atoms with Crippen molar-refractivity contribution in [1.82, 2.24) is 9.97 Å². The number of benzene rings is 1. The van der Waals surface area contributed by atoms with Crippen LogP contribution in [0.15, 0.2) is 55.7 Å². The van der Waals surface area contributed by atoms with Crippen LogP contribution < -0.4 is 0 Å². The summed E-state index contributed by atoms with van der Waals surface area (Å²) < 4.78 is 6.06. The molecule has 0 bridgehead atoms. The van der Waals surface area contributed by atoms with Crippen LogP contribution in [-0.4, -0.2) is 14.9 Å². The molecular formula is C12H6BrN3O3S. The number of fused-ring (bicyclic) bond motifs is 1. The van der Waals surface area contributed by atoms with E-state index in [9.17, 15) is 10.1 Å². The first-order valence-electron chi connectivity index (χ1n) is 5.47. The quantitative estimate of drug-likeness (QED) is 0.523. The second-order valence-electron chi connectivity index (χ2n) is 3.78. The maximum Gasteiger partial charge on any atom is 0.303 e. The van der Waals surface area contributed by atoms with Gasteiger partial charge in [-0.25, -0.2) is 9.97 Å². The molecule has 0 unspecified atom stereocenters. The topological polar surface area (TPSA) is 82.1 Å². The Bertz CT molecular complexity index is 772. The van der Waals surface area contributed by atoms with Crippen LogP contribution in [0.2, 0.25) is 0 Å². The minimum absolute atomic E-state index is 0.0911. The van der Waals surface area contributed by atoms with E-state index in [-0.39, 0.29) is 10.7 Å². The molecule has 0 radical (unpaired) electrons. The number of pyridine rings is 1. The number of hydrogen-bond acceptors (Lipinski definition) is 6. The number of rotatable bonds is 3. The van der Waals surface area contributed by atoms with E-state index in [1.165, 1.54) is 12.3 Å². The fraction of sp³-hybridized carbons (Fsp3) is 0. The van der Waals surface area contributed by atoms with E-state index in [1.807, 2.05) is 18.2 Å². The largest absolute Gasteiger partial charge is 0.431 e. The second-order valence-corrected chi connectivity index (χ2v) is 5.64. The summed E-state index contributed by atoms with van der Waals surface area (Å²) in [4.78, 5) is 18.8. The van der Waals surface area contributed by atoms with Crippen molar-refractivity contribution in [3.63, 3.8) is 0 Å². The van der Waals surface area contributed by atoms with E-state index < -0.39 is 4.92 Å². The smallest absolute Gasteiger partial charge is 0.303 e. The molecule has 3 aromatic rings. The van der Waals surface area contributed by atoms with Gasteiger partial charge in [-0.15, -0.1) is 0 Å². The lowest BCUT2D eigenvalue weighted by Crippen LogP contribution is -1.93. The number of oxazole rings is 1. The number of aromatic nitrogens is 2. The Morgan fingerprint density at radius 3 is 2.90 bits per heavy atom. The highest BCUT2D eigenvalue weighted by Crippen LogP contribution is 2.35. The van der Waals surface area contributed by atoms with Crippen molar-refractivity contribution in [3.05, 3.63) is 51.1 Å². The Labute approximate surface area is 125 Å². The van der Waals surface area contributed by atoms with E-state index >= 15 is 0 Å². The van der Waals surface area contributed by atoms with Crippen LogP contribution in [0.3, 0.4) is 0 Å². The second kappa shape index (κ2) is 5.22. The molecule has 100 valence electrons. The molecule has 0 saturated heterocycles. The Kier molecular flexibility index (Phi) is 3.41. The van der Waals surface area contributed by atoms with Gasteiger partial charge in [-0.05, 0) is 39.8 Å². The third-order valence-corrected chi connectivity index (χ3v) is 3.74. The predicted octanol–water partition coefficient (Wildman–Crippen LogP) is 4.04. The lowest BCUT2D eigenvalue weighted by molar-refractivity contribution is -0.388. The van der Waals surface area contributed by atoms with Gasteiger partial charge < -0.3 is 4.42 Å². The molecule has 0 saturated carbocycles. The summed E-state index contributed by atoms with van der Waals surface area (Å²) in [6.07, 6.45) is 1.50. The Balaban J connectivity index is 2.00. The molecule has 0 aliphatic heterocycles. The summed E-state index contributed by atoms with van der Waals surface area (Å²) in [5, 5.41) is 11.6. The van der Waals surface area contributed by atoms with Gasteiger partial charge in [0.25, 0.3) is 5.22 Å². The summed E-state index contributed by atoms with van der Waals surface area (Å²) in [6.45, 7) is 0.